The van der Waals surface area contributed by atoms with Gasteiger partial charge in [0.05, 0.1) is 25.0 Å². The lowest BCUT2D eigenvalue weighted by Crippen LogP contribution is -2.34. The van der Waals surface area contributed by atoms with Gasteiger partial charge in [-0.05, 0) is 69.2 Å². The van der Waals surface area contributed by atoms with Crippen molar-refractivity contribution in [3.63, 3.8) is 0 Å². The summed E-state index contributed by atoms with van der Waals surface area (Å²) in [5.74, 6) is 1.98. The average molecular weight is 691 g/mol. The Bertz CT molecular complexity index is 1810. The van der Waals surface area contributed by atoms with Crippen LogP contribution >= 0.6 is 23.4 Å². The van der Waals surface area contributed by atoms with Crippen LogP contribution in [0.3, 0.4) is 0 Å². The number of aromatic nitrogens is 3. The molecule has 5 rings (SSSR count). The Morgan fingerprint density at radius 2 is 1.75 bits per heavy atom. The quantitative estimate of drug-likeness (QED) is 0.138. The summed E-state index contributed by atoms with van der Waals surface area (Å²) in [6.07, 6.45) is 0. The van der Waals surface area contributed by atoms with Crippen molar-refractivity contribution in [2.24, 2.45) is 0 Å². The Labute approximate surface area is 289 Å². The highest BCUT2D eigenvalue weighted by Gasteiger charge is 2.35. The number of nitrogens with one attached hydrogen (secondary N) is 2. The minimum absolute atomic E-state index is 0.118. The fourth-order valence-electron chi connectivity index (χ4n) is 5.38. The number of halogens is 1. The van der Waals surface area contributed by atoms with E-state index in [1.807, 2.05) is 76.2 Å². The van der Waals surface area contributed by atoms with E-state index in [4.69, 9.17) is 35.9 Å². The number of thioether (sulfide) groups is 1. The Hall–Kier alpha value is -4.68. The Morgan fingerprint density at radius 3 is 2.48 bits per heavy atom. The summed E-state index contributed by atoms with van der Waals surface area (Å²) in [5, 5.41) is 12.3. The first-order valence-corrected chi connectivity index (χ1v) is 17.1. The van der Waals surface area contributed by atoms with Crippen molar-refractivity contribution >= 4 is 46.8 Å². The molecule has 0 aliphatic carbocycles. The summed E-state index contributed by atoms with van der Waals surface area (Å²) < 4.78 is 19.1. The summed E-state index contributed by atoms with van der Waals surface area (Å²) in [5.41, 5.74) is 3.23. The van der Waals surface area contributed by atoms with Crippen molar-refractivity contribution < 1.29 is 23.8 Å². The molecule has 0 saturated carbocycles. The van der Waals surface area contributed by atoms with Gasteiger partial charge in [-0.25, -0.2) is 4.68 Å². The molecule has 2 amide bonds. The van der Waals surface area contributed by atoms with Crippen LogP contribution < -0.4 is 24.8 Å². The van der Waals surface area contributed by atoms with E-state index in [0.717, 1.165) is 5.56 Å². The second kappa shape index (κ2) is 15.9. The van der Waals surface area contributed by atoms with Gasteiger partial charge in [-0.3, -0.25) is 9.59 Å². The number of para-hydroxylation sites is 2. The SMILES string of the molecule is CCOc1cc(C2C(C(=O)Nc3ccccc3OC)=C(C)Nc3nc(SCc4ccccc4Cl)nn32)ccc1OCC(=O)N(CC)CC. The first-order valence-electron chi connectivity index (χ1n) is 15.7. The first kappa shape index (κ1) is 34.6. The zero-order valence-electron chi connectivity index (χ0n) is 27.6. The van der Waals surface area contributed by atoms with Crippen molar-refractivity contribution in [1.29, 1.82) is 0 Å². The molecule has 0 radical (unpaired) electrons. The second-order valence-corrected chi connectivity index (χ2v) is 12.1. The zero-order valence-corrected chi connectivity index (χ0v) is 29.2. The van der Waals surface area contributed by atoms with Crippen molar-refractivity contribution in [2.45, 2.75) is 44.6 Å². The molecule has 3 aromatic carbocycles. The number of benzene rings is 3. The average Bonchev–Trinajstić information content (AvgIpc) is 3.49. The van der Waals surface area contributed by atoms with E-state index in [1.165, 1.54) is 11.8 Å². The number of anilines is 2. The van der Waals surface area contributed by atoms with Crippen LogP contribution in [0, 0.1) is 0 Å². The van der Waals surface area contributed by atoms with Crippen LogP contribution in [0.5, 0.6) is 17.2 Å². The van der Waals surface area contributed by atoms with Gasteiger partial charge in [0.25, 0.3) is 11.8 Å². The Morgan fingerprint density at radius 1 is 1.00 bits per heavy atom. The smallest absolute Gasteiger partial charge is 0.260 e. The van der Waals surface area contributed by atoms with Crippen molar-refractivity contribution in [3.8, 4) is 17.2 Å². The lowest BCUT2D eigenvalue weighted by atomic mass is 9.94. The topological polar surface area (TPSA) is 120 Å². The lowest BCUT2D eigenvalue weighted by molar-refractivity contribution is -0.133. The number of allylic oxidation sites excluding steroid dienone is 1. The van der Waals surface area contributed by atoms with Gasteiger partial charge in [0.2, 0.25) is 11.1 Å². The van der Waals surface area contributed by atoms with E-state index in [2.05, 4.69) is 10.6 Å². The van der Waals surface area contributed by atoms with Crippen LogP contribution in [0.2, 0.25) is 5.02 Å². The number of carbonyl (C=O) groups is 2. The predicted molar refractivity (Wildman–Crippen MR) is 188 cm³/mol. The Balaban J connectivity index is 1.52. The molecule has 1 aromatic heterocycles. The summed E-state index contributed by atoms with van der Waals surface area (Å²) in [7, 11) is 1.55. The third-order valence-corrected chi connectivity index (χ3v) is 9.05. The van der Waals surface area contributed by atoms with Crippen LogP contribution in [0.4, 0.5) is 11.6 Å². The monoisotopic (exact) mass is 690 g/mol. The summed E-state index contributed by atoms with van der Waals surface area (Å²) in [6.45, 7) is 8.98. The Kier molecular flexibility index (Phi) is 11.5. The molecule has 252 valence electrons. The largest absolute Gasteiger partial charge is 0.495 e. The normalized spacial score (nSPS) is 13.8. The number of hydrogen-bond acceptors (Lipinski definition) is 9. The van der Waals surface area contributed by atoms with Crippen LogP contribution in [0.1, 0.15) is 44.9 Å². The second-order valence-electron chi connectivity index (χ2n) is 10.8. The van der Waals surface area contributed by atoms with Gasteiger partial charge < -0.3 is 29.7 Å². The number of hydrogen-bond donors (Lipinski definition) is 2. The van der Waals surface area contributed by atoms with Crippen molar-refractivity contribution in [1.82, 2.24) is 19.7 Å². The van der Waals surface area contributed by atoms with E-state index < -0.39 is 6.04 Å². The molecule has 11 nitrogen and oxygen atoms in total. The molecule has 0 fully saturated rings. The highest BCUT2D eigenvalue weighted by atomic mass is 35.5. The van der Waals surface area contributed by atoms with Gasteiger partial charge >= 0.3 is 0 Å². The lowest BCUT2D eigenvalue weighted by Gasteiger charge is -2.29. The van der Waals surface area contributed by atoms with Crippen LogP contribution in [-0.4, -0.2) is 64.9 Å². The maximum absolute atomic E-state index is 14.1. The van der Waals surface area contributed by atoms with E-state index in [0.29, 0.717) is 81.3 Å². The zero-order chi connectivity index (χ0) is 34.2. The number of ether oxygens (including phenoxy) is 3. The molecule has 1 aliphatic heterocycles. The molecule has 48 heavy (non-hydrogen) atoms. The highest BCUT2D eigenvalue weighted by molar-refractivity contribution is 7.98. The molecule has 13 heteroatoms. The maximum atomic E-state index is 14.1. The number of amides is 2. The molecule has 0 saturated heterocycles. The van der Waals surface area contributed by atoms with Crippen LogP contribution in [-0.2, 0) is 15.3 Å². The molecule has 0 spiro atoms. The summed E-state index contributed by atoms with van der Waals surface area (Å²) in [6, 6.07) is 19.6. The van der Waals surface area contributed by atoms with Crippen molar-refractivity contribution in [3.05, 3.63) is 94.1 Å². The molecule has 2 heterocycles. The third-order valence-electron chi connectivity index (χ3n) is 7.80. The molecule has 2 N–H and O–H groups in total. The molecule has 1 unspecified atom stereocenters. The van der Waals surface area contributed by atoms with Crippen LogP contribution in [0.25, 0.3) is 0 Å². The first-order chi connectivity index (χ1) is 23.3. The molecule has 1 atom stereocenters. The van der Waals surface area contributed by atoms with Crippen molar-refractivity contribution in [2.75, 3.05) is 44.0 Å². The fourth-order valence-corrected chi connectivity index (χ4v) is 6.49. The molecule has 4 aromatic rings. The van der Waals surface area contributed by atoms with E-state index in [9.17, 15) is 9.59 Å². The number of likely N-dealkylation sites (N-methyl/N-ethyl adjacent to an activating group) is 1. The minimum Gasteiger partial charge on any atom is -0.495 e. The number of rotatable bonds is 14. The molecular formula is C35H39ClN6O5S. The summed E-state index contributed by atoms with van der Waals surface area (Å²) in [4.78, 5) is 33.3. The van der Waals surface area contributed by atoms with Gasteiger partial charge in [-0.1, -0.05) is 59.8 Å². The van der Waals surface area contributed by atoms with E-state index in [1.54, 1.807) is 34.9 Å². The standard InChI is InChI=1S/C35H39ClN6O5S/c1-6-41(7-2)30(43)20-47-28-18-17-23(19-29(28)46-8-3)32-31(33(44)38-26-15-11-12-16-27(26)45-5)22(4)37-34-39-35(40-42(32)34)48-21-24-13-9-10-14-25(24)36/h9-19,32H,6-8,20-21H2,1-5H3,(H,38,44)(H,37,39,40). The molecule has 1 aliphatic rings. The van der Waals surface area contributed by atoms with Gasteiger partial charge in [0, 0.05) is 29.6 Å². The number of fused-ring (bicyclic) bond motifs is 1. The predicted octanol–water partition coefficient (Wildman–Crippen LogP) is 6.81. The molecular weight excluding hydrogens is 652 g/mol. The van der Waals surface area contributed by atoms with Crippen LogP contribution in [0.15, 0.2) is 83.2 Å². The highest BCUT2D eigenvalue weighted by Crippen LogP contribution is 2.40. The number of carbonyl (C=O) groups excluding carboxylic acids is 2. The fraction of sp³-hybridized carbons (Fsp3) is 0.314. The van der Waals surface area contributed by atoms with E-state index >= 15 is 0 Å². The third kappa shape index (κ3) is 7.71. The number of nitrogens with zero attached hydrogens (tertiary/aromatic N) is 4. The summed E-state index contributed by atoms with van der Waals surface area (Å²) >= 11 is 7.85. The maximum Gasteiger partial charge on any atom is 0.260 e. The molecule has 0 bridgehead atoms. The van der Waals surface area contributed by atoms with Gasteiger partial charge in [-0.15, -0.1) is 5.10 Å². The van der Waals surface area contributed by atoms with Gasteiger partial charge in [0.1, 0.15) is 11.8 Å². The van der Waals surface area contributed by atoms with Gasteiger partial charge in [0.15, 0.2) is 18.1 Å². The minimum atomic E-state index is -0.691. The number of methoxy groups -OCH3 is 1. The van der Waals surface area contributed by atoms with E-state index in [-0.39, 0.29) is 18.4 Å². The van der Waals surface area contributed by atoms with Gasteiger partial charge in [-0.2, -0.15) is 4.98 Å².